The third-order valence-electron chi connectivity index (χ3n) is 4.98. The highest BCUT2D eigenvalue weighted by Gasteiger charge is 2.33. The zero-order valence-electron chi connectivity index (χ0n) is 15.9. The Balaban J connectivity index is 0.00000312. The van der Waals surface area contributed by atoms with Crippen molar-refractivity contribution in [3.63, 3.8) is 0 Å². The fraction of sp³-hybridized carbons (Fsp3) is 0.650. The fourth-order valence-corrected chi connectivity index (χ4v) is 3.55. The molecule has 0 heterocycles. The lowest BCUT2D eigenvalue weighted by Gasteiger charge is -2.30. The number of ether oxygens (including phenoxy) is 1. The Hall–Kier alpha value is -0.820. The van der Waals surface area contributed by atoms with Gasteiger partial charge in [0.2, 0.25) is 0 Å². The Labute approximate surface area is 170 Å². The summed E-state index contributed by atoms with van der Waals surface area (Å²) in [7, 11) is 1.80. The van der Waals surface area contributed by atoms with Crippen molar-refractivity contribution in [1.29, 1.82) is 0 Å². The number of methoxy groups -OCH3 is 1. The van der Waals surface area contributed by atoms with Gasteiger partial charge in [0.25, 0.3) is 0 Å². The molecule has 1 fully saturated rings. The molecule has 0 spiro atoms. The molecule has 2 rings (SSSR count). The lowest BCUT2D eigenvalue weighted by Crippen LogP contribution is -2.43. The summed E-state index contributed by atoms with van der Waals surface area (Å²) in [6, 6.07) is 8.55. The van der Waals surface area contributed by atoms with E-state index in [2.05, 4.69) is 48.7 Å². The van der Waals surface area contributed by atoms with Gasteiger partial charge < -0.3 is 15.4 Å². The number of halogens is 1. The predicted molar refractivity (Wildman–Crippen MR) is 117 cm³/mol. The van der Waals surface area contributed by atoms with Gasteiger partial charge in [-0.15, -0.1) is 24.0 Å². The normalized spacial score (nSPS) is 16.4. The number of guanidine groups is 1. The summed E-state index contributed by atoms with van der Waals surface area (Å²) < 4.78 is 5.33. The minimum absolute atomic E-state index is 0. The number of aryl methyl sites for hydroxylation is 1. The molecule has 1 aromatic rings. The molecule has 0 atom stereocenters. The van der Waals surface area contributed by atoms with Crippen molar-refractivity contribution in [3.8, 4) is 0 Å². The number of nitrogens with one attached hydrogen (secondary N) is 2. The highest BCUT2D eigenvalue weighted by molar-refractivity contribution is 14.0. The van der Waals surface area contributed by atoms with Gasteiger partial charge in [0.1, 0.15) is 0 Å². The first-order valence-corrected chi connectivity index (χ1v) is 9.24. The molecule has 2 N–H and O–H groups in total. The van der Waals surface area contributed by atoms with E-state index in [1.807, 2.05) is 0 Å². The fourth-order valence-electron chi connectivity index (χ4n) is 3.55. The monoisotopic (exact) mass is 459 g/mol. The molecule has 5 heteroatoms. The number of hydrogen-bond acceptors (Lipinski definition) is 2. The van der Waals surface area contributed by atoms with Gasteiger partial charge in [0.05, 0.1) is 6.54 Å². The minimum Gasteiger partial charge on any atom is -0.385 e. The van der Waals surface area contributed by atoms with Crippen LogP contribution in [0.15, 0.2) is 29.3 Å². The topological polar surface area (TPSA) is 45.7 Å². The van der Waals surface area contributed by atoms with Crippen molar-refractivity contribution < 1.29 is 4.74 Å². The molecule has 1 saturated carbocycles. The van der Waals surface area contributed by atoms with Crippen molar-refractivity contribution in [2.24, 2.45) is 10.4 Å². The summed E-state index contributed by atoms with van der Waals surface area (Å²) >= 11 is 0. The summed E-state index contributed by atoms with van der Waals surface area (Å²) in [6.07, 6.45) is 6.39. The first-order chi connectivity index (χ1) is 11.7. The lowest BCUT2D eigenvalue weighted by atomic mass is 9.83. The van der Waals surface area contributed by atoms with Crippen LogP contribution in [0, 0.1) is 12.3 Å². The smallest absolute Gasteiger partial charge is 0.191 e. The molecule has 1 aromatic carbocycles. The van der Waals surface area contributed by atoms with E-state index in [0.717, 1.165) is 32.1 Å². The number of aliphatic imine (C=N–C) groups is 1. The van der Waals surface area contributed by atoms with E-state index < -0.39 is 0 Å². The standard InChI is InChI=1S/C20H33N3O.HI/c1-4-21-19(22-15-18-9-7-8-17(2)14-18)23-16-20(12-13-24-3)10-5-6-11-20;/h7-9,14H,4-6,10-13,15-16H2,1-3H3,(H2,21,22,23);1H. The Kier molecular flexibility index (Phi) is 10.4. The van der Waals surface area contributed by atoms with Crippen LogP contribution in [0.4, 0.5) is 0 Å². The van der Waals surface area contributed by atoms with Crippen LogP contribution in [0.2, 0.25) is 0 Å². The largest absolute Gasteiger partial charge is 0.385 e. The average molecular weight is 459 g/mol. The van der Waals surface area contributed by atoms with Crippen LogP contribution in [0.5, 0.6) is 0 Å². The molecule has 0 bridgehead atoms. The van der Waals surface area contributed by atoms with Gasteiger partial charge >= 0.3 is 0 Å². The first-order valence-electron chi connectivity index (χ1n) is 9.24. The van der Waals surface area contributed by atoms with Gasteiger partial charge in [-0.1, -0.05) is 42.7 Å². The average Bonchev–Trinajstić information content (AvgIpc) is 3.05. The number of benzene rings is 1. The first kappa shape index (κ1) is 22.2. The Bertz CT molecular complexity index is 527. The highest BCUT2D eigenvalue weighted by Crippen LogP contribution is 2.40. The molecular formula is C20H34IN3O. The Morgan fingerprint density at radius 2 is 2.00 bits per heavy atom. The predicted octanol–water partition coefficient (Wildman–Crippen LogP) is 4.27. The van der Waals surface area contributed by atoms with Gasteiger partial charge in [-0.2, -0.15) is 0 Å². The van der Waals surface area contributed by atoms with E-state index >= 15 is 0 Å². The summed E-state index contributed by atoms with van der Waals surface area (Å²) in [5.74, 6) is 0.919. The lowest BCUT2D eigenvalue weighted by molar-refractivity contribution is 0.138. The molecule has 0 saturated heterocycles. The molecule has 0 unspecified atom stereocenters. The third-order valence-corrected chi connectivity index (χ3v) is 4.98. The van der Waals surface area contributed by atoms with E-state index in [9.17, 15) is 0 Å². The molecular weight excluding hydrogens is 425 g/mol. The quantitative estimate of drug-likeness (QED) is 0.347. The number of rotatable bonds is 8. The molecule has 142 valence electrons. The van der Waals surface area contributed by atoms with Crippen LogP contribution in [0.1, 0.15) is 50.2 Å². The van der Waals surface area contributed by atoms with Crippen LogP contribution < -0.4 is 10.6 Å². The van der Waals surface area contributed by atoms with Crippen molar-refractivity contribution in [1.82, 2.24) is 10.6 Å². The molecule has 1 aliphatic carbocycles. The van der Waals surface area contributed by atoms with Crippen LogP contribution in [0.3, 0.4) is 0 Å². The van der Waals surface area contributed by atoms with E-state index in [-0.39, 0.29) is 24.0 Å². The van der Waals surface area contributed by atoms with Crippen molar-refractivity contribution in [2.75, 3.05) is 26.8 Å². The summed E-state index contributed by atoms with van der Waals surface area (Å²) in [6.45, 7) is 7.65. The Morgan fingerprint density at radius 3 is 2.64 bits per heavy atom. The van der Waals surface area contributed by atoms with Crippen LogP contribution in [-0.4, -0.2) is 32.8 Å². The van der Waals surface area contributed by atoms with Crippen molar-refractivity contribution in [2.45, 2.75) is 52.5 Å². The van der Waals surface area contributed by atoms with E-state index in [4.69, 9.17) is 9.73 Å². The molecule has 0 radical (unpaired) electrons. The molecule has 0 amide bonds. The second-order valence-electron chi connectivity index (χ2n) is 6.99. The van der Waals surface area contributed by atoms with Crippen molar-refractivity contribution in [3.05, 3.63) is 35.4 Å². The number of nitrogens with zero attached hydrogens (tertiary/aromatic N) is 1. The van der Waals surface area contributed by atoms with Gasteiger partial charge in [0, 0.05) is 26.8 Å². The second-order valence-corrected chi connectivity index (χ2v) is 6.99. The van der Waals surface area contributed by atoms with E-state index in [0.29, 0.717) is 12.0 Å². The van der Waals surface area contributed by atoms with Crippen LogP contribution in [-0.2, 0) is 11.3 Å². The van der Waals surface area contributed by atoms with Gasteiger partial charge in [-0.05, 0) is 44.1 Å². The maximum absolute atomic E-state index is 5.33. The zero-order chi connectivity index (χ0) is 17.3. The van der Waals surface area contributed by atoms with Gasteiger partial charge in [-0.25, -0.2) is 4.99 Å². The summed E-state index contributed by atoms with van der Waals surface area (Å²) in [5.41, 5.74) is 2.91. The van der Waals surface area contributed by atoms with Gasteiger partial charge in [0.15, 0.2) is 5.96 Å². The molecule has 25 heavy (non-hydrogen) atoms. The number of hydrogen-bond donors (Lipinski definition) is 2. The minimum atomic E-state index is 0. The van der Waals surface area contributed by atoms with E-state index in [1.165, 1.54) is 36.8 Å². The van der Waals surface area contributed by atoms with Crippen molar-refractivity contribution >= 4 is 29.9 Å². The maximum atomic E-state index is 5.33. The van der Waals surface area contributed by atoms with Gasteiger partial charge in [-0.3, -0.25) is 0 Å². The van der Waals surface area contributed by atoms with E-state index in [1.54, 1.807) is 7.11 Å². The summed E-state index contributed by atoms with van der Waals surface area (Å²) in [4.78, 5) is 4.76. The molecule has 1 aliphatic rings. The molecule has 0 aromatic heterocycles. The molecule has 4 nitrogen and oxygen atoms in total. The zero-order valence-corrected chi connectivity index (χ0v) is 18.3. The summed E-state index contributed by atoms with van der Waals surface area (Å²) in [5, 5.41) is 6.95. The third kappa shape index (κ3) is 7.52. The highest BCUT2D eigenvalue weighted by atomic mass is 127. The molecule has 0 aliphatic heterocycles. The second kappa shape index (κ2) is 11.7. The van der Waals surface area contributed by atoms with Crippen LogP contribution >= 0.6 is 24.0 Å². The Morgan fingerprint density at radius 1 is 1.24 bits per heavy atom. The maximum Gasteiger partial charge on any atom is 0.191 e. The van der Waals surface area contributed by atoms with Crippen LogP contribution in [0.25, 0.3) is 0 Å². The SMILES string of the molecule is CCNC(=NCc1cccc(C)c1)NCC1(CCOC)CCCC1.I.